The number of hydrogen-bond acceptors (Lipinski definition) is 9. The molecule has 1 aromatic rings. The van der Waals surface area contributed by atoms with Gasteiger partial charge in [-0.15, -0.1) is 0 Å². The van der Waals surface area contributed by atoms with Crippen LogP contribution >= 0.6 is 11.6 Å². The van der Waals surface area contributed by atoms with Gasteiger partial charge in [0.25, 0.3) is 5.91 Å². The molecule has 2 heterocycles. The average molecular weight is 497 g/mol. The summed E-state index contributed by atoms with van der Waals surface area (Å²) in [5.74, 6) is -0.739. The lowest BCUT2D eigenvalue weighted by Gasteiger charge is -2.34. The minimum Gasteiger partial charge on any atom is -0.382 e. The van der Waals surface area contributed by atoms with Crippen LogP contribution in [0.3, 0.4) is 0 Å². The van der Waals surface area contributed by atoms with E-state index in [4.69, 9.17) is 33.9 Å². The van der Waals surface area contributed by atoms with Gasteiger partial charge < -0.3 is 32.3 Å². The number of unbranched alkanes of at least 4 members (excludes halogenated alkanes) is 1. The Bertz CT molecular complexity index is 888. The molecule has 0 aliphatic carbocycles. The third-order valence-electron chi connectivity index (χ3n) is 5.01. The first kappa shape index (κ1) is 26.9. The zero-order chi connectivity index (χ0) is 25.1. The number of halogens is 1. The van der Waals surface area contributed by atoms with Gasteiger partial charge in [0.1, 0.15) is 0 Å². The summed E-state index contributed by atoms with van der Waals surface area (Å²) in [6, 6.07) is -0.0807. The number of anilines is 2. The molecular formula is C19H33ClN12O2. The number of guanidine groups is 1. The van der Waals surface area contributed by atoms with Crippen LogP contribution in [0, 0.1) is 10.8 Å². The van der Waals surface area contributed by atoms with Crippen molar-refractivity contribution in [2.75, 3.05) is 63.8 Å². The molecule has 14 nitrogen and oxygen atoms in total. The lowest BCUT2D eigenvalue weighted by Crippen LogP contribution is -2.52. The van der Waals surface area contributed by atoms with Crippen molar-refractivity contribution in [3.05, 3.63) is 10.8 Å². The molecule has 0 aromatic carbocycles. The Kier molecular flexibility index (Phi) is 10.5. The zero-order valence-electron chi connectivity index (χ0n) is 19.2. The van der Waals surface area contributed by atoms with E-state index < -0.39 is 5.91 Å². The lowest BCUT2D eigenvalue weighted by atomic mass is 10.2. The summed E-state index contributed by atoms with van der Waals surface area (Å²) in [4.78, 5) is 36.0. The average Bonchev–Trinajstić information content (AvgIpc) is 2.79. The minimum atomic E-state index is -0.701. The van der Waals surface area contributed by atoms with Crippen LogP contribution in [0.25, 0.3) is 0 Å². The first-order valence-corrected chi connectivity index (χ1v) is 11.3. The van der Waals surface area contributed by atoms with E-state index in [1.807, 2.05) is 0 Å². The molecule has 34 heavy (non-hydrogen) atoms. The molecular weight excluding hydrogens is 464 g/mol. The van der Waals surface area contributed by atoms with Crippen molar-refractivity contribution < 1.29 is 9.59 Å². The van der Waals surface area contributed by atoms with Gasteiger partial charge >= 0.3 is 6.03 Å². The number of hydrogen-bond donors (Lipinski definition) is 8. The molecule has 3 amide bonds. The Hall–Kier alpha value is -3.39. The molecule has 2 rings (SSSR count). The summed E-state index contributed by atoms with van der Waals surface area (Å²) >= 11 is 5.77. The van der Waals surface area contributed by atoms with Gasteiger partial charge in [0, 0.05) is 45.8 Å². The van der Waals surface area contributed by atoms with Crippen LogP contribution < -0.4 is 32.7 Å². The van der Waals surface area contributed by atoms with Gasteiger partial charge in [0.2, 0.25) is 0 Å². The van der Waals surface area contributed by atoms with E-state index in [1.165, 1.54) is 0 Å². The van der Waals surface area contributed by atoms with Crippen LogP contribution in [0.5, 0.6) is 0 Å². The number of rotatable bonds is 9. The highest BCUT2D eigenvalue weighted by molar-refractivity contribution is 6.31. The predicted molar refractivity (Wildman–Crippen MR) is 131 cm³/mol. The number of nitrogen functional groups attached to an aromatic ring is 2. The fourth-order valence-electron chi connectivity index (χ4n) is 3.21. The summed E-state index contributed by atoms with van der Waals surface area (Å²) in [7, 11) is 0. The predicted octanol–water partition coefficient (Wildman–Crippen LogP) is -0.757. The molecule has 0 bridgehead atoms. The summed E-state index contributed by atoms with van der Waals surface area (Å²) in [6.07, 6.45) is 1.70. The number of aromatic nitrogens is 2. The Morgan fingerprint density at radius 2 is 1.65 bits per heavy atom. The second-order valence-electron chi connectivity index (χ2n) is 7.71. The fourth-order valence-corrected chi connectivity index (χ4v) is 3.33. The van der Waals surface area contributed by atoms with Crippen molar-refractivity contribution in [1.82, 2.24) is 41.0 Å². The molecule has 0 radical (unpaired) electrons. The fraction of sp³-hybridized carbons (Fsp3) is 0.579. The second-order valence-corrected chi connectivity index (χ2v) is 8.07. The standard InChI is InChI=1S/C19H33ClN12O2/c1-12(21)25-5-6-27-19(34)32-10-8-31(9-11-32)7-3-2-4-26-18(24)30-17(33)13-15(22)29-16(23)14(20)28-13/h2-11H2,1H3,(H2,21,25)(H,27,34)(H4,22,23,29)(H3,24,26,30,33). The van der Waals surface area contributed by atoms with E-state index in [2.05, 4.69) is 36.1 Å². The summed E-state index contributed by atoms with van der Waals surface area (Å²) in [5, 5.41) is 25.9. The first-order valence-electron chi connectivity index (χ1n) is 10.9. The van der Waals surface area contributed by atoms with Gasteiger partial charge in [-0.2, -0.15) is 0 Å². The minimum absolute atomic E-state index is 0.0728. The maximum atomic E-state index is 12.2. The number of carbonyl (C=O) groups is 2. The molecule has 0 atom stereocenters. The van der Waals surface area contributed by atoms with E-state index in [1.54, 1.807) is 11.8 Å². The van der Waals surface area contributed by atoms with Gasteiger partial charge in [-0.05, 0) is 26.3 Å². The number of nitrogens with one attached hydrogen (secondary N) is 6. The Morgan fingerprint density at radius 3 is 2.32 bits per heavy atom. The third kappa shape index (κ3) is 8.86. The summed E-state index contributed by atoms with van der Waals surface area (Å²) in [5.41, 5.74) is 10.9. The topological polar surface area (TPSA) is 214 Å². The van der Waals surface area contributed by atoms with Crippen LogP contribution in [0.4, 0.5) is 16.4 Å². The maximum Gasteiger partial charge on any atom is 0.317 e. The van der Waals surface area contributed by atoms with Crippen molar-refractivity contribution in [1.29, 1.82) is 10.8 Å². The molecule has 10 N–H and O–H groups in total. The monoisotopic (exact) mass is 496 g/mol. The highest BCUT2D eigenvalue weighted by atomic mass is 35.5. The lowest BCUT2D eigenvalue weighted by molar-refractivity contribution is 0.0971. The number of amides is 3. The van der Waals surface area contributed by atoms with Gasteiger partial charge in [-0.1, -0.05) is 11.6 Å². The first-order chi connectivity index (χ1) is 16.2. The zero-order valence-corrected chi connectivity index (χ0v) is 20.0. The second kappa shape index (κ2) is 13.3. The van der Waals surface area contributed by atoms with E-state index in [0.717, 1.165) is 32.5 Å². The maximum absolute atomic E-state index is 12.2. The SMILES string of the molecule is CC(=N)NCCNC(=O)N1CCN(CCCCNC(=N)NC(=O)c2nc(Cl)c(N)nc2N)CC1. The van der Waals surface area contributed by atoms with Crippen LogP contribution in [-0.4, -0.2) is 95.9 Å². The van der Waals surface area contributed by atoms with Gasteiger partial charge in [0.15, 0.2) is 28.4 Å². The number of nitrogens with zero attached hydrogens (tertiary/aromatic N) is 4. The van der Waals surface area contributed by atoms with Crippen LogP contribution in [0.1, 0.15) is 30.3 Å². The summed E-state index contributed by atoms with van der Waals surface area (Å²) < 4.78 is 0. The largest absolute Gasteiger partial charge is 0.382 e. The smallest absolute Gasteiger partial charge is 0.317 e. The quantitative estimate of drug-likeness (QED) is 0.122. The highest BCUT2D eigenvalue weighted by Crippen LogP contribution is 2.17. The van der Waals surface area contributed by atoms with Crippen molar-refractivity contribution in [3.63, 3.8) is 0 Å². The Labute approximate surface area is 203 Å². The van der Waals surface area contributed by atoms with E-state index >= 15 is 0 Å². The van der Waals surface area contributed by atoms with Crippen LogP contribution in [0.15, 0.2) is 0 Å². The molecule has 0 unspecified atom stereocenters. The normalized spacial score (nSPS) is 13.8. The molecule has 1 fully saturated rings. The van der Waals surface area contributed by atoms with Gasteiger partial charge in [-0.25, -0.2) is 14.8 Å². The van der Waals surface area contributed by atoms with Crippen LogP contribution in [-0.2, 0) is 0 Å². The molecule has 0 saturated carbocycles. The van der Waals surface area contributed by atoms with Gasteiger partial charge in [0.05, 0.1) is 5.84 Å². The number of nitrogens with two attached hydrogens (primary N) is 2. The van der Waals surface area contributed by atoms with E-state index in [9.17, 15) is 9.59 Å². The van der Waals surface area contributed by atoms with Crippen molar-refractivity contribution in [3.8, 4) is 0 Å². The van der Waals surface area contributed by atoms with Gasteiger partial charge in [-0.3, -0.25) is 25.8 Å². The molecule has 1 aliphatic rings. The molecule has 15 heteroatoms. The number of carbonyl (C=O) groups excluding carboxylic acids is 2. The van der Waals surface area contributed by atoms with Crippen molar-refractivity contribution in [2.24, 2.45) is 0 Å². The molecule has 1 aliphatic heterocycles. The highest BCUT2D eigenvalue weighted by Gasteiger charge is 2.20. The van der Waals surface area contributed by atoms with Crippen molar-refractivity contribution >= 4 is 47.0 Å². The summed E-state index contributed by atoms with van der Waals surface area (Å²) in [6.45, 7) is 7.00. The number of piperazine rings is 1. The van der Waals surface area contributed by atoms with E-state index in [-0.39, 0.29) is 34.5 Å². The molecule has 188 valence electrons. The Morgan fingerprint density at radius 1 is 0.971 bits per heavy atom. The molecule has 1 saturated heterocycles. The van der Waals surface area contributed by atoms with Crippen molar-refractivity contribution in [2.45, 2.75) is 19.8 Å². The number of urea groups is 1. The Balaban J connectivity index is 1.56. The van der Waals surface area contributed by atoms with E-state index in [0.29, 0.717) is 38.6 Å². The molecule has 1 aromatic heterocycles. The third-order valence-corrected chi connectivity index (χ3v) is 5.29. The van der Waals surface area contributed by atoms with Crippen LogP contribution in [0.2, 0.25) is 5.15 Å². The molecule has 0 spiro atoms. The number of amidine groups is 1.